The Morgan fingerprint density at radius 2 is 2.21 bits per heavy atom. The number of esters is 1. The molecule has 0 bridgehead atoms. The predicted octanol–water partition coefficient (Wildman–Crippen LogP) is 0.633. The zero-order valence-corrected chi connectivity index (χ0v) is 12.5. The van der Waals surface area contributed by atoms with Gasteiger partial charge >= 0.3 is 5.97 Å². The molecule has 0 amide bonds. The number of carbonyl (C=O) groups excluding carboxylic acids is 1. The fraction of sp³-hybridized carbons (Fsp3) is 0.600. The van der Waals surface area contributed by atoms with Crippen molar-refractivity contribution >= 4 is 27.3 Å². The van der Waals surface area contributed by atoms with Crippen LogP contribution in [0.25, 0.3) is 0 Å². The van der Waals surface area contributed by atoms with Gasteiger partial charge in [-0.05, 0) is 13.3 Å². The molecule has 1 N–H and O–H groups in total. The molecule has 1 heterocycles. The van der Waals surface area contributed by atoms with E-state index < -0.39 is 16.0 Å². The van der Waals surface area contributed by atoms with Gasteiger partial charge in [-0.15, -0.1) is 11.3 Å². The summed E-state index contributed by atoms with van der Waals surface area (Å²) in [4.78, 5) is 15.1. The summed E-state index contributed by atoms with van der Waals surface area (Å²) in [5.41, 5.74) is 1.10. The van der Waals surface area contributed by atoms with Gasteiger partial charge in [0, 0.05) is 19.8 Å². The zero-order chi connectivity index (χ0) is 14.5. The molecule has 1 aromatic rings. The van der Waals surface area contributed by atoms with Crippen LogP contribution in [0, 0.1) is 0 Å². The molecule has 0 aromatic carbocycles. The number of thiazole rings is 1. The van der Waals surface area contributed by atoms with E-state index in [-0.39, 0.29) is 15.9 Å². The summed E-state index contributed by atoms with van der Waals surface area (Å²) in [5.74, 6) is -0.772. The van der Waals surface area contributed by atoms with Crippen molar-refractivity contribution < 1.29 is 22.7 Å². The van der Waals surface area contributed by atoms with Gasteiger partial charge in [-0.2, -0.15) is 0 Å². The third kappa shape index (κ3) is 4.23. The van der Waals surface area contributed by atoms with Crippen molar-refractivity contribution in [3.8, 4) is 0 Å². The molecule has 1 atom stereocenters. The predicted molar refractivity (Wildman–Crippen MR) is 69.7 cm³/mol. The first-order valence-electron chi connectivity index (χ1n) is 5.45. The van der Waals surface area contributed by atoms with Crippen molar-refractivity contribution in [3.05, 3.63) is 11.2 Å². The number of nitrogens with zero attached hydrogens (tertiary/aromatic N) is 1. The molecule has 0 spiro atoms. The van der Waals surface area contributed by atoms with Crippen molar-refractivity contribution in [1.29, 1.82) is 0 Å². The molecule has 0 radical (unpaired) electrons. The summed E-state index contributed by atoms with van der Waals surface area (Å²) < 4.78 is 35.9. The normalized spacial score (nSPS) is 13.2. The summed E-state index contributed by atoms with van der Waals surface area (Å²) in [7, 11) is -1.07. The van der Waals surface area contributed by atoms with Gasteiger partial charge in [0.1, 0.15) is 0 Å². The van der Waals surface area contributed by atoms with E-state index in [0.717, 1.165) is 11.3 Å². The Morgan fingerprint density at radius 3 is 2.79 bits per heavy atom. The molecular weight excluding hydrogens is 292 g/mol. The van der Waals surface area contributed by atoms with Gasteiger partial charge in [0.25, 0.3) is 10.0 Å². The second-order valence-electron chi connectivity index (χ2n) is 3.78. The topological polar surface area (TPSA) is 94.6 Å². The minimum atomic E-state index is -3.78. The van der Waals surface area contributed by atoms with Crippen LogP contribution >= 0.6 is 11.3 Å². The van der Waals surface area contributed by atoms with Crippen LogP contribution in [0.1, 0.15) is 23.8 Å². The number of methoxy groups -OCH3 is 2. The molecule has 108 valence electrons. The van der Waals surface area contributed by atoms with E-state index in [0.29, 0.717) is 13.0 Å². The zero-order valence-electron chi connectivity index (χ0n) is 10.9. The summed E-state index contributed by atoms with van der Waals surface area (Å²) in [6, 6.07) is -0.308. The van der Waals surface area contributed by atoms with Gasteiger partial charge < -0.3 is 9.47 Å². The summed E-state index contributed by atoms with van der Waals surface area (Å²) in [6.45, 7) is 2.16. The lowest BCUT2D eigenvalue weighted by Gasteiger charge is -2.13. The Labute approximate surface area is 116 Å². The number of carbonyl (C=O) groups is 1. The van der Waals surface area contributed by atoms with Crippen molar-refractivity contribution in [2.75, 3.05) is 20.8 Å². The lowest BCUT2D eigenvalue weighted by Crippen LogP contribution is -2.33. The lowest BCUT2D eigenvalue weighted by atomic mass is 10.3. The monoisotopic (exact) mass is 308 g/mol. The van der Waals surface area contributed by atoms with E-state index in [2.05, 4.69) is 14.4 Å². The Morgan fingerprint density at radius 1 is 1.53 bits per heavy atom. The van der Waals surface area contributed by atoms with E-state index in [1.165, 1.54) is 12.6 Å². The van der Waals surface area contributed by atoms with Crippen LogP contribution in [-0.4, -0.2) is 46.2 Å². The molecule has 0 aliphatic carbocycles. The first kappa shape index (κ1) is 16.0. The second kappa shape index (κ2) is 6.94. The van der Waals surface area contributed by atoms with Gasteiger partial charge in [-0.3, -0.25) is 0 Å². The number of ether oxygens (including phenoxy) is 2. The number of aromatic nitrogens is 1. The van der Waals surface area contributed by atoms with Gasteiger partial charge in [0.15, 0.2) is 9.90 Å². The average Bonchev–Trinajstić information content (AvgIpc) is 2.84. The molecule has 1 aromatic heterocycles. The Hall–Kier alpha value is -1.03. The van der Waals surface area contributed by atoms with Crippen LogP contribution in [0.2, 0.25) is 0 Å². The molecule has 19 heavy (non-hydrogen) atoms. The van der Waals surface area contributed by atoms with E-state index in [1.807, 2.05) is 0 Å². The first-order valence-corrected chi connectivity index (χ1v) is 7.81. The average molecular weight is 308 g/mol. The molecule has 0 saturated carbocycles. The minimum absolute atomic E-state index is 0.136. The molecular formula is C10H16N2O5S2. The first-order chi connectivity index (χ1) is 8.92. The van der Waals surface area contributed by atoms with Gasteiger partial charge in [-0.25, -0.2) is 22.9 Å². The number of sulfonamides is 1. The van der Waals surface area contributed by atoms with Crippen LogP contribution < -0.4 is 4.72 Å². The molecule has 9 heteroatoms. The largest absolute Gasteiger partial charge is 0.464 e. The van der Waals surface area contributed by atoms with Gasteiger partial charge in [-0.1, -0.05) is 0 Å². The third-order valence-electron chi connectivity index (χ3n) is 2.27. The van der Waals surface area contributed by atoms with Crippen LogP contribution in [0.5, 0.6) is 0 Å². The fourth-order valence-electron chi connectivity index (χ4n) is 1.33. The molecule has 1 rings (SSSR count). The summed E-state index contributed by atoms with van der Waals surface area (Å²) in [6.07, 6.45) is 0.530. The Bertz CT molecular complexity index is 526. The summed E-state index contributed by atoms with van der Waals surface area (Å²) >= 11 is 0.872. The highest BCUT2D eigenvalue weighted by Crippen LogP contribution is 2.21. The van der Waals surface area contributed by atoms with Crippen LogP contribution in [-0.2, 0) is 19.5 Å². The number of rotatable bonds is 7. The fourth-order valence-corrected chi connectivity index (χ4v) is 3.76. The molecule has 0 saturated heterocycles. The van der Waals surface area contributed by atoms with E-state index in [9.17, 15) is 13.2 Å². The molecule has 0 aliphatic heterocycles. The highest BCUT2D eigenvalue weighted by atomic mass is 32.2. The van der Waals surface area contributed by atoms with E-state index >= 15 is 0 Å². The van der Waals surface area contributed by atoms with Crippen molar-refractivity contribution in [2.45, 2.75) is 23.6 Å². The molecule has 0 fully saturated rings. The van der Waals surface area contributed by atoms with Crippen molar-refractivity contribution in [2.24, 2.45) is 0 Å². The lowest BCUT2D eigenvalue weighted by molar-refractivity contribution is 0.0590. The maximum atomic E-state index is 12.1. The van der Waals surface area contributed by atoms with Crippen LogP contribution in [0.15, 0.2) is 9.72 Å². The summed E-state index contributed by atoms with van der Waals surface area (Å²) in [5, 5.41) is 0. The number of nitrogens with one attached hydrogen (secondary N) is 1. The quantitative estimate of drug-likeness (QED) is 0.743. The van der Waals surface area contributed by atoms with Crippen LogP contribution in [0.4, 0.5) is 0 Å². The maximum Gasteiger partial charge on any atom is 0.358 e. The minimum Gasteiger partial charge on any atom is -0.464 e. The molecule has 1 unspecified atom stereocenters. The second-order valence-corrected chi connectivity index (χ2v) is 6.55. The maximum absolute atomic E-state index is 12.1. The number of hydrogen-bond acceptors (Lipinski definition) is 7. The van der Waals surface area contributed by atoms with Gasteiger partial charge in [0.05, 0.1) is 12.6 Å². The van der Waals surface area contributed by atoms with E-state index in [4.69, 9.17) is 4.74 Å². The SMILES string of the molecule is COCCC(C)NS(=O)(=O)c1scnc1C(=O)OC. The van der Waals surface area contributed by atoms with Crippen molar-refractivity contribution in [1.82, 2.24) is 9.71 Å². The smallest absolute Gasteiger partial charge is 0.358 e. The molecule has 0 aliphatic rings. The standard InChI is InChI=1S/C10H16N2O5S2/c1-7(4-5-16-2)12-19(14,15)10-8(9(13)17-3)11-6-18-10/h6-7,12H,4-5H2,1-3H3. The highest BCUT2D eigenvalue weighted by molar-refractivity contribution is 7.91. The van der Waals surface area contributed by atoms with Crippen molar-refractivity contribution in [3.63, 3.8) is 0 Å². The Kier molecular flexibility index (Phi) is 5.85. The van der Waals surface area contributed by atoms with Gasteiger partial charge in [0.2, 0.25) is 0 Å². The molecule has 7 nitrogen and oxygen atoms in total. The van der Waals surface area contributed by atoms with Crippen LogP contribution in [0.3, 0.4) is 0 Å². The number of hydrogen-bond donors (Lipinski definition) is 1. The van der Waals surface area contributed by atoms with E-state index in [1.54, 1.807) is 14.0 Å². The third-order valence-corrected chi connectivity index (χ3v) is 5.23. The Balaban J connectivity index is 2.89. The highest BCUT2D eigenvalue weighted by Gasteiger charge is 2.27.